The van der Waals surface area contributed by atoms with Gasteiger partial charge in [0.15, 0.2) is 0 Å². The molecule has 4 heteroatoms. The zero-order valence-corrected chi connectivity index (χ0v) is 11.5. The second-order valence-corrected chi connectivity index (χ2v) is 4.52. The summed E-state index contributed by atoms with van der Waals surface area (Å²) < 4.78 is 0. The maximum Gasteiger partial charge on any atom is 0.238 e. The maximum absolute atomic E-state index is 11.9. The van der Waals surface area contributed by atoms with Crippen molar-refractivity contribution in [3.05, 3.63) is 29.3 Å². The zero-order valence-electron chi connectivity index (χ0n) is 11.5. The lowest BCUT2D eigenvalue weighted by Crippen LogP contribution is -2.36. The molecule has 0 aliphatic carbocycles. The molecule has 0 saturated carbocycles. The molecule has 1 aromatic carbocycles. The minimum atomic E-state index is 0.0130. The van der Waals surface area contributed by atoms with E-state index < -0.39 is 0 Å². The molecule has 0 aromatic heterocycles. The van der Waals surface area contributed by atoms with Crippen LogP contribution >= 0.6 is 0 Å². The van der Waals surface area contributed by atoms with Gasteiger partial charge in [0.1, 0.15) is 0 Å². The van der Waals surface area contributed by atoms with Gasteiger partial charge in [-0.25, -0.2) is 0 Å². The van der Waals surface area contributed by atoms with Gasteiger partial charge in [0.25, 0.3) is 0 Å². The number of benzene rings is 1. The van der Waals surface area contributed by atoms with Gasteiger partial charge < -0.3 is 11.1 Å². The molecule has 0 unspecified atom stereocenters. The number of rotatable bonds is 6. The van der Waals surface area contributed by atoms with Crippen molar-refractivity contribution in [1.29, 1.82) is 0 Å². The number of likely N-dealkylation sites (N-methyl/N-ethyl adjacent to an activating group) is 1. The van der Waals surface area contributed by atoms with E-state index in [0.717, 1.165) is 29.9 Å². The second kappa shape index (κ2) is 7.13. The normalized spacial score (nSPS) is 10.7. The molecule has 100 valence electrons. The molecule has 0 aliphatic heterocycles. The standard InChI is InChI=1S/C14H23N3O/c1-4-17(8-7-15)10-14(18)16-13-9-11(2)5-6-12(13)3/h5-6,9H,4,7-8,10,15H2,1-3H3,(H,16,18). The van der Waals surface area contributed by atoms with Gasteiger partial charge in [-0.2, -0.15) is 0 Å². The van der Waals surface area contributed by atoms with Crippen LogP contribution < -0.4 is 11.1 Å². The molecule has 0 radical (unpaired) electrons. The first-order valence-electron chi connectivity index (χ1n) is 6.36. The van der Waals surface area contributed by atoms with Crippen LogP contribution in [0.5, 0.6) is 0 Å². The monoisotopic (exact) mass is 249 g/mol. The van der Waals surface area contributed by atoms with Gasteiger partial charge in [-0.3, -0.25) is 9.69 Å². The third kappa shape index (κ3) is 4.47. The van der Waals surface area contributed by atoms with Crippen LogP contribution in [0.25, 0.3) is 0 Å². The first-order chi connectivity index (χ1) is 8.56. The molecule has 1 amide bonds. The molecular formula is C14H23N3O. The lowest BCUT2D eigenvalue weighted by molar-refractivity contribution is -0.117. The Kier molecular flexibility index (Phi) is 5.82. The molecule has 4 nitrogen and oxygen atoms in total. The number of carbonyl (C=O) groups excluding carboxylic acids is 1. The molecule has 0 heterocycles. The van der Waals surface area contributed by atoms with Crippen LogP contribution in [0.4, 0.5) is 5.69 Å². The lowest BCUT2D eigenvalue weighted by Gasteiger charge is -2.19. The summed E-state index contributed by atoms with van der Waals surface area (Å²) in [6.07, 6.45) is 0. The Labute approximate surface area is 109 Å². The van der Waals surface area contributed by atoms with E-state index in [1.54, 1.807) is 0 Å². The predicted molar refractivity (Wildman–Crippen MR) is 75.7 cm³/mol. The molecule has 0 aliphatic rings. The van der Waals surface area contributed by atoms with Crippen LogP contribution in [-0.4, -0.2) is 37.0 Å². The fraction of sp³-hybridized carbons (Fsp3) is 0.500. The van der Waals surface area contributed by atoms with Crippen LogP contribution in [0.1, 0.15) is 18.1 Å². The molecule has 0 saturated heterocycles. The Hall–Kier alpha value is -1.39. The van der Waals surface area contributed by atoms with Gasteiger partial charge in [0, 0.05) is 18.8 Å². The number of hydrogen-bond donors (Lipinski definition) is 2. The van der Waals surface area contributed by atoms with E-state index in [1.807, 2.05) is 43.9 Å². The van der Waals surface area contributed by atoms with E-state index in [-0.39, 0.29) is 5.91 Å². The van der Waals surface area contributed by atoms with Crippen molar-refractivity contribution in [2.75, 3.05) is 31.5 Å². The summed E-state index contributed by atoms with van der Waals surface area (Å²) in [6, 6.07) is 6.05. The van der Waals surface area contributed by atoms with E-state index in [2.05, 4.69) is 5.32 Å². The van der Waals surface area contributed by atoms with Gasteiger partial charge in [-0.15, -0.1) is 0 Å². The van der Waals surface area contributed by atoms with E-state index in [9.17, 15) is 4.79 Å². The van der Waals surface area contributed by atoms with Crippen molar-refractivity contribution in [1.82, 2.24) is 4.90 Å². The van der Waals surface area contributed by atoms with E-state index >= 15 is 0 Å². The largest absolute Gasteiger partial charge is 0.329 e. The highest BCUT2D eigenvalue weighted by atomic mass is 16.2. The highest BCUT2D eigenvalue weighted by Gasteiger charge is 2.09. The molecule has 0 spiro atoms. The topological polar surface area (TPSA) is 58.4 Å². The maximum atomic E-state index is 11.9. The van der Waals surface area contributed by atoms with Crippen molar-refractivity contribution in [3.8, 4) is 0 Å². The number of carbonyl (C=O) groups is 1. The SMILES string of the molecule is CCN(CCN)CC(=O)Nc1cc(C)ccc1C. The zero-order chi connectivity index (χ0) is 13.5. The van der Waals surface area contributed by atoms with Crippen molar-refractivity contribution < 1.29 is 4.79 Å². The van der Waals surface area contributed by atoms with Crippen LogP contribution in [0.15, 0.2) is 18.2 Å². The van der Waals surface area contributed by atoms with Gasteiger partial charge in [-0.1, -0.05) is 19.1 Å². The molecule has 1 rings (SSSR count). The van der Waals surface area contributed by atoms with Crippen LogP contribution in [-0.2, 0) is 4.79 Å². The summed E-state index contributed by atoms with van der Waals surface area (Å²) in [7, 11) is 0. The Bertz CT molecular complexity index is 404. The summed E-state index contributed by atoms with van der Waals surface area (Å²) in [5, 5.41) is 2.95. The average molecular weight is 249 g/mol. The summed E-state index contributed by atoms with van der Waals surface area (Å²) >= 11 is 0. The summed E-state index contributed by atoms with van der Waals surface area (Å²) in [5.74, 6) is 0.0130. The van der Waals surface area contributed by atoms with Crippen molar-refractivity contribution in [2.45, 2.75) is 20.8 Å². The fourth-order valence-corrected chi connectivity index (χ4v) is 1.79. The number of nitrogens with one attached hydrogen (secondary N) is 1. The number of anilines is 1. The van der Waals surface area contributed by atoms with Crippen LogP contribution in [0, 0.1) is 13.8 Å². The number of nitrogens with zero attached hydrogens (tertiary/aromatic N) is 1. The molecule has 0 atom stereocenters. The number of amides is 1. The molecular weight excluding hydrogens is 226 g/mol. The molecule has 0 bridgehead atoms. The number of aryl methyl sites for hydroxylation is 2. The fourth-order valence-electron chi connectivity index (χ4n) is 1.79. The van der Waals surface area contributed by atoms with Crippen LogP contribution in [0.3, 0.4) is 0 Å². The summed E-state index contributed by atoms with van der Waals surface area (Å²) in [5.41, 5.74) is 8.62. The minimum absolute atomic E-state index is 0.0130. The quantitative estimate of drug-likeness (QED) is 0.803. The van der Waals surface area contributed by atoms with E-state index in [0.29, 0.717) is 13.1 Å². The Morgan fingerprint density at radius 2 is 2.11 bits per heavy atom. The third-order valence-electron chi connectivity index (χ3n) is 2.93. The minimum Gasteiger partial charge on any atom is -0.329 e. The van der Waals surface area contributed by atoms with Gasteiger partial charge in [-0.05, 0) is 37.6 Å². The van der Waals surface area contributed by atoms with Crippen LogP contribution in [0.2, 0.25) is 0 Å². The highest BCUT2D eigenvalue weighted by molar-refractivity contribution is 5.93. The molecule has 1 aromatic rings. The molecule has 3 N–H and O–H groups in total. The van der Waals surface area contributed by atoms with E-state index in [1.165, 1.54) is 0 Å². The Balaban J connectivity index is 2.61. The predicted octanol–water partition coefficient (Wildman–Crippen LogP) is 1.52. The Morgan fingerprint density at radius 1 is 1.39 bits per heavy atom. The first kappa shape index (κ1) is 14.7. The molecule has 0 fully saturated rings. The summed E-state index contributed by atoms with van der Waals surface area (Å²) in [6.45, 7) is 8.58. The Morgan fingerprint density at radius 3 is 2.72 bits per heavy atom. The van der Waals surface area contributed by atoms with Crippen molar-refractivity contribution in [3.63, 3.8) is 0 Å². The summed E-state index contributed by atoms with van der Waals surface area (Å²) in [4.78, 5) is 14.0. The third-order valence-corrected chi connectivity index (χ3v) is 2.93. The highest BCUT2D eigenvalue weighted by Crippen LogP contribution is 2.16. The van der Waals surface area contributed by atoms with Gasteiger partial charge >= 0.3 is 0 Å². The van der Waals surface area contributed by atoms with Crippen molar-refractivity contribution in [2.24, 2.45) is 5.73 Å². The van der Waals surface area contributed by atoms with Gasteiger partial charge in [0.2, 0.25) is 5.91 Å². The molecule has 18 heavy (non-hydrogen) atoms. The van der Waals surface area contributed by atoms with Gasteiger partial charge in [0.05, 0.1) is 6.54 Å². The second-order valence-electron chi connectivity index (χ2n) is 4.52. The van der Waals surface area contributed by atoms with Crippen molar-refractivity contribution >= 4 is 11.6 Å². The first-order valence-corrected chi connectivity index (χ1v) is 6.36. The van der Waals surface area contributed by atoms with E-state index in [4.69, 9.17) is 5.73 Å². The number of nitrogens with two attached hydrogens (primary N) is 1. The smallest absolute Gasteiger partial charge is 0.238 e. The average Bonchev–Trinajstić information content (AvgIpc) is 2.33. The lowest BCUT2D eigenvalue weighted by atomic mass is 10.1. The number of hydrogen-bond acceptors (Lipinski definition) is 3.